The molecule has 8 nitrogen and oxygen atoms in total. The molecule has 1 heterocycles. The smallest absolute Gasteiger partial charge is 0.321 e. The van der Waals surface area contributed by atoms with E-state index in [9.17, 15) is 18.0 Å². The van der Waals surface area contributed by atoms with Crippen LogP contribution < -0.4 is 15.5 Å². The summed E-state index contributed by atoms with van der Waals surface area (Å²) < 4.78 is 26.6. The van der Waals surface area contributed by atoms with E-state index in [1.54, 1.807) is 37.3 Å². The number of hydrogen-bond donors (Lipinski definition) is 3. The number of nitrogens with zero attached hydrogens (tertiary/aromatic N) is 1. The summed E-state index contributed by atoms with van der Waals surface area (Å²) in [6.07, 6.45) is 0. The SMILES string of the molecule is CNC(=O)NC(=O)[C@H](C)[NH+]1CCN(S(=O)(=O)c2ccccc2)CC1. The molecule has 0 unspecified atom stereocenters. The van der Waals surface area contributed by atoms with Crippen molar-refractivity contribution in [2.24, 2.45) is 0 Å². The zero-order valence-electron chi connectivity index (χ0n) is 13.8. The van der Waals surface area contributed by atoms with Gasteiger partial charge in [-0.15, -0.1) is 0 Å². The van der Waals surface area contributed by atoms with Gasteiger partial charge in [0.05, 0.1) is 31.1 Å². The molecule has 0 aliphatic carbocycles. The van der Waals surface area contributed by atoms with Crippen LogP contribution in [-0.4, -0.2) is 63.9 Å². The van der Waals surface area contributed by atoms with Crippen LogP contribution in [0, 0.1) is 0 Å². The maximum atomic E-state index is 12.6. The molecule has 0 spiro atoms. The number of sulfonamides is 1. The molecule has 24 heavy (non-hydrogen) atoms. The fourth-order valence-electron chi connectivity index (χ4n) is 2.66. The molecule has 1 fully saturated rings. The van der Waals surface area contributed by atoms with E-state index in [1.807, 2.05) is 0 Å². The number of imide groups is 1. The lowest BCUT2D eigenvalue weighted by Gasteiger charge is -2.34. The van der Waals surface area contributed by atoms with Crippen molar-refractivity contribution < 1.29 is 22.9 Å². The number of nitrogens with one attached hydrogen (secondary N) is 3. The van der Waals surface area contributed by atoms with E-state index in [0.717, 1.165) is 4.90 Å². The van der Waals surface area contributed by atoms with Gasteiger partial charge in [0.1, 0.15) is 0 Å². The maximum Gasteiger partial charge on any atom is 0.321 e. The van der Waals surface area contributed by atoms with Gasteiger partial charge in [-0.3, -0.25) is 10.1 Å². The Morgan fingerprint density at radius 1 is 1.17 bits per heavy atom. The summed E-state index contributed by atoms with van der Waals surface area (Å²) in [7, 11) is -2.06. The fraction of sp³-hybridized carbons (Fsp3) is 0.467. The number of carbonyl (C=O) groups excluding carboxylic acids is 2. The summed E-state index contributed by atoms with van der Waals surface area (Å²) in [6.45, 7) is 3.42. The zero-order chi connectivity index (χ0) is 17.7. The Labute approximate surface area is 141 Å². The number of piperazine rings is 1. The predicted molar refractivity (Wildman–Crippen MR) is 88.0 cm³/mol. The summed E-state index contributed by atoms with van der Waals surface area (Å²) in [5.74, 6) is -0.372. The van der Waals surface area contributed by atoms with Crippen LogP contribution in [0.5, 0.6) is 0 Å². The molecule has 1 aromatic carbocycles. The molecule has 0 aromatic heterocycles. The van der Waals surface area contributed by atoms with Crippen molar-refractivity contribution in [1.82, 2.24) is 14.9 Å². The van der Waals surface area contributed by atoms with Crippen molar-refractivity contribution in [3.8, 4) is 0 Å². The van der Waals surface area contributed by atoms with Crippen LogP contribution in [0.25, 0.3) is 0 Å². The average molecular weight is 355 g/mol. The van der Waals surface area contributed by atoms with Gasteiger partial charge in [-0.1, -0.05) is 18.2 Å². The summed E-state index contributed by atoms with van der Waals surface area (Å²) in [6, 6.07) is 7.34. The Hall–Kier alpha value is -1.97. The Kier molecular flexibility index (Phi) is 5.92. The second-order valence-electron chi connectivity index (χ2n) is 5.67. The first-order chi connectivity index (χ1) is 11.4. The molecule has 3 N–H and O–H groups in total. The van der Waals surface area contributed by atoms with E-state index in [4.69, 9.17) is 0 Å². The third-order valence-electron chi connectivity index (χ3n) is 4.22. The highest BCUT2D eigenvalue weighted by atomic mass is 32.2. The normalized spacial score (nSPS) is 17.9. The summed E-state index contributed by atoms with van der Waals surface area (Å²) >= 11 is 0. The molecule has 1 aliphatic heterocycles. The van der Waals surface area contributed by atoms with Gasteiger partial charge in [-0.05, 0) is 19.1 Å². The van der Waals surface area contributed by atoms with Crippen LogP contribution in [0.2, 0.25) is 0 Å². The summed E-state index contributed by atoms with van der Waals surface area (Å²) in [5.41, 5.74) is 0. The highest BCUT2D eigenvalue weighted by Crippen LogP contribution is 2.14. The number of benzene rings is 1. The van der Waals surface area contributed by atoms with Crippen molar-refractivity contribution >= 4 is 22.0 Å². The van der Waals surface area contributed by atoms with Crippen LogP contribution in [0.15, 0.2) is 35.2 Å². The first kappa shape index (κ1) is 18.4. The fourth-order valence-corrected chi connectivity index (χ4v) is 4.12. The Bertz CT molecular complexity index is 685. The topological polar surface area (TPSA) is 100 Å². The van der Waals surface area contributed by atoms with Gasteiger partial charge in [0.2, 0.25) is 10.0 Å². The van der Waals surface area contributed by atoms with Gasteiger partial charge < -0.3 is 10.2 Å². The van der Waals surface area contributed by atoms with Crippen LogP contribution in [0.4, 0.5) is 4.79 Å². The van der Waals surface area contributed by atoms with Crippen LogP contribution in [0.3, 0.4) is 0 Å². The Morgan fingerprint density at radius 3 is 2.29 bits per heavy atom. The molecule has 9 heteroatoms. The zero-order valence-corrected chi connectivity index (χ0v) is 14.6. The number of carbonyl (C=O) groups is 2. The van der Waals surface area contributed by atoms with Gasteiger partial charge in [0.15, 0.2) is 6.04 Å². The lowest BCUT2D eigenvalue weighted by atomic mass is 10.2. The molecular weight excluding hydrogens is 332 g/mol. The average Bonchev–Trinajstić information content (AvgIpc) is 2.61. The number of urea groups is 1. The number of hydrogen-bond acceptors (Lipinski definition) is 4. The second-order valence-corrected chi connectivity index (χ2v) is 7.60. The molecule has 0 saturated carbocycles. The Morgan fingerprint density at radius 2 is 1.75 bits per heavy atom. The molecule has 2 rings (SSSR count). The van der Waals surface area contributed by atoms with Gasteiger partial charge in [0, 0.05) is 7.05 Å². The molecule has 0 radical (unpaired) electrons. The number of quaternary nitrogens is 1. The minimum absolute atomic E-state index is 0.277. The summed E-state index contributed by atoms with van der Waals surface area (Å²) in [4.78, 5) is 24.4. The third-order valence-corrected chi connectivity index (χ3v) is 6.13. The van der Waals surface area contributed by atoms with Gasteiger partial charge in [-0.2, -0.15) is 4.31 Å². The predicted octanol–water partition coefficient (Wildman–Crippen LogP) is -1.58. The van der Waals surface area contributed by atoms with Crippen LogP contribution in [-0.2, 0) is 14.8 Å². The van der Waals surface area contributed by atoms with Crippen LogP contribution >= 0.6 is 0 Å². The first-order valence-corrected chi connectivity index (χ1v) is 9.22. The minimum atomic E-state index is -3.50. The standard InChI is InChI=1S/C15H22N4O4S/c1-12(14(20)17-15(21)16-2)18-8-10-19(11-9-18)24(22,23)13-6-4-3-5-7-13/h3-7,12H,8-11H2,1-2H3,(H2,16,17,20,21)/p+1/t12-/m0/s1. The van der Waals surface area contributed by atoms with Crippen molar-refractivity contribution in [3.63, 3.8) is 0 Å². The molecule has 1 aromatic rings. The van der Waals surface area contributed by atoms with E-state index in [1.165, 1.54) is 11.4 Å². The lowest BCUT2D eigenvalue weighted by Crippen LogP contribution is -3.19. The molecule has 132 valence electrons. The molecule has 3 amide bonds. The van der Waals surface area contributed by atoms with Crippen LogP contribution in [0.1, 0.15) is 6.92 Å². The quantitative estimate of drug-likeness (QED) is 0.607. The highest BCUT2D eigenvalue weighted by molar-refractivity contribution is 7.89. The minimum Gasteiger partial charge on any atom is -0.341 e. The van der Waals surface area contributed by atoms with E-state index in [0.29, 0.717) is 26.2 Å². The van der Waals surface area contributed by atoms with Gasteiger partial charge in [0.25, 0.3) is 5.91 Å². The maximum absolute atomic E-state index is 12.6. The number of amides is 3. The van der Waals surface area contributed by atoms with E-state index >= 15 is 0 Å². The van der Waals surface area contributed by atoms with Crippen molar-refractivity contribution in [2.45, 2.75) is 17.9 Å². The van der Waals surface area contributed by atoms with Gasteiger partial charge in [-0.25, -0.2) is 13.2 Å². The lowest BCUT2D eigenvalue weighted by molar-refractivity contribution is -0.917. The van der Waals surface area contributed by atoms with E-state index < -0.39 is 22.1 Å². The Balaban J connectivity index is 1.96. The molecule has 1 saturated heterocycles. The highest BCUT2D eigenvalue weighted by Gasteiger charge is 2.34. The number of rotatable bonds is 4. The van der Waals surface area contributed by atoms with Crippen molar-refractivity contribution in [3.05, 3.63) is 30.3 Å². The monoisotopic (exact) mass is 355 g/mol. The molecule has 1 atom stereocenters. The van der Waals surface area contributed by atoms with Crippen molar-refractivity contribution in [2.75, 3.05) is 33.2 Å². The molecular formula is C15H23N4O4S+. The molecule has 0 bridgehead atoms. The second kappa shape index (κ2) is 7.73. The summed E-state index contributed by atoms with van der Waals surface area (Å²) in [5, 5.41) is 4.58. The van der Waals surface area contributed by atoms with E-state index in [2.05, 4.69) is 10.6 Å². The third kappa shape index (κ3) is 4.11. The first-order valence-electron chi connectivity index (χ1n) is 7.78. The van der Waals surface area contributed by atoms with Crippen molar-refractivity contribution in [1.29, 1.82) is 0 Å². The van der Waals surface area contributed by atoms with E-state index in [-0.39, 0.29) is 10.8 Å². The molecule has 1 aliphatic rings. The van der Waals surface area contributed by atoms with Gasteiger partial charge >= 0.3 is 6.03 Å². The largest absolute Gasteiger partial charge is 0.341 e.